The summed E-state index contributed by atoms with van der Waals surface area (Å²) in [6.45, 7) is 4.77. The Morgan fingerprint density at radius 1 is 1.03 bits per heavy atom. The van der Waals surface area contributed by atoms with Crippen molar-refractivity contribution in [3.8, 4) is 0 Å². The molecule has 2 heterocycles. The summed E-state index contributed by atoms with van der Waals surface area (Å²) in [6.07, 6.45) is 3.71. The molecular weight excluding hydrogens is 439 g/mol. The van der Waals surface area contributed by atoms with Crippen LogP contribution in [0.25, 0.3) is 0 Å². The SMILES string of the molecule is CC(C(=O)NCCC(=O)N1CCN(c2ncccn2)CC1)C(N)c1ccccc1.Cl.Cl. The van der Waals surface area contributed by atoms with Crippen LogP contribution < -0.4 is 16.0 Å². The Morgan fingerprint density at radius 2 is 1.65 bits per heavy atom. The number of nitrogens with two attached hydrogens (primary N) is 1. The number of hydrogen-bond acceptors (Lipinski definition) is 6. The molecule has 1 saturated heterocycles. The normalized spacial score (nSPS) is 15.2. The Balaban J connectivity index is 0.00000240. The van der Waals surface area contributed by atoms with Crippen LogP contribution in [0.3, 0.4) is 0 Å². The van der Waals surface area contributed by atoms with E-state index < -0.39 is 0 Å². The highest BCUT2D eigenvalue weighted by Gasteiger charge is 2.24. The fourth-order valence-corrected chi connectivity index (χ4v) is 3.35. The van der Waals surface area contributed by atoms with E-state index in [0.29, 0.717) is 38.7 Å². The van der Waals surface area contributed by atoms with E-state index in [4.69, 9.17) is 5.73 Å². The maximum atomic E-state index is 12.4. The molecule has 1 fully saturated rings. The zero-order valence-corrected chi connectivity index (χ0v) is 19.1. The number of benzene rings is 1. The Morgan fingerprint density at radius 3 is 2.26 bits per heavy atom. The lowest BCUT2D eigenvalue weighted by Crippen LogP contribution is -2.49. The molecule has 1 aliphatic heterocycles. The standard InChI is InChI=1S/C21H28N6O2.2ClH/c1-16(19(22)17-6-3-2-4-7-17)20(29)23-11-8-18(28)26-12-14-27(15-13-26)21-24-9-5-10-25-21;;/h2-7,9-10,16,19H,8,11-15,22H2,1H3,(H,23,29);2*1H. The van der Waals surface area contributed by atoms with Gasteiger partial charge in [0.15, 0.2) is 0 Å². The van der Waals surface area contributed by atoms with Gasteiger partial charge in [0.1, 0.15) is 0 Å². The molecule has 2 aromatic rings. The Bertz CT molecular complexity index is 804. The van der Waals surface area contributed by atoms with Gasteiger partial charge < -0.3 is 20.9 Å². The number of nitrogens with zero attached hydrogens (tertiary/aromatic N) is 4. The van der Waals surface area contributed by atoms with Crippen LogP contribution in [0.4, 0.5) is 5.95 Å². The summed E-state index contributed by atoms with van der Waals surface area (Å²) in [4.78, 5) is 37.2. The smallest absolute Gasteiger partial charge is 0.225 e. The number of amides is 2. The number of piperazine rings is 1. The first-order valence-electron chi connectivity index (χ1n) is 9.94. The Labute approximate surface area is 195 Å². The number of anilines is 1. The molecule has 0 radical (unpaired) electrons. The largest absolute Gasteiger partial charge is 0.355 e. The number of carbonyl (C=O) groups is 2. The summed E-state index contributed by atoms with van der Waals surface area (Å²) >= 11 is 0. The van der Waals surface area contributed by atoms with Gasteiger partial charge in [0.05, 0.1) is 5.92 Å². The first kappa shape index (κ1) is 26.6. The molecule has 2 amide bonds. The zero-order chi connectivity index (χ0) is 20.6. The monoisotopic (exact) mass is 468 g/mol. The van der Waals surface area contributed by atoms with Crippen molar-refractivity contribution in [1.82, 2.24) is 20.2 Å². The molecule has 2 atom stereocenters. The number of aromatic nitrogens is 2. The summed E-state index contributed by atoms with van der Waals surface area (Å²) in [5.74, 6) is 0.219. The van der Waals surface area contributed by atoms with Gasteiger partial charge >= 0.3 is 0 Å². The van der Waals surface area contributed by atoms with Crippen molar-refractivity contribution in [3.05, 3.63) is 54.4 Å². The van der Waals surface area contributed by atoms with Crippen molar-refractivity contribution >= 4 is 42.6 Å². The minimum Gasteiger partial charge on any atom is -0.355 e. The molecular formula is C21H30Cl2N6O2. The molecule has 3 rings (SSSR count). The van der Waals surface area contributed by atoms with Gasteiger partial charge in [-0.2, -0.15) is 0 Å². The maximum Gasteiger partial charge on any atom is 0.225 e. The molecule has 31 heavy (non-hydrogen) atoms. The predicted molar refractivity (Wildman–Crippen MR) is 125 cm³/mol. The van der Waals surface area contributed by atoms with Crippen LogP contribution in [0.1, 0.15) is 24.9 Å². The van der Waals surface area contributed by atoms with Crippen LogP contribution >= 0.6 is 24.8 Å². The third kappa shape index (κ3) is 7.34. The van der Waals surface area contributed by atoms with Gasteiger partial charge in [-0.25, -0.2) is 9.97 Å². The lowest BCUT2D eigenvalue weighted by molar-refractivity contribution is -0.131. The highest BCUT2D eigenvalue weighted by atomic mass is 35.5. The third-order valence-electron chi connectivity index (χ3n) is 5.24. The molecule has 1 aromatic heterocycles. The summed E-state index contributed by atoms with van der Waals surface area (Å²) < 4.78 is 0. The van der Waals surface area contributed by atoms with Gasteiger partial charge in [0.25, 0.3) is 0 Å². The second-order valence-electron chi connectivity index (χ2n) is 7.18. The van der Waals surface area contributed by atoms with Crippen molar-refractivity contribution in [2.75, 3.05) is 37.6 Å². The summed E-state index contributed by atoms with van der Waals surface area (Å²) in [5, 5.41) is 2.84. The van der Waals surface area contributed by atoms with Crippen LogP contribution in [-0.2, 0) is 9.59 Å². The Kier molecular flexibility index (Phi) is 11.2. The highest BCUT2D eigenvalue weighted by molar-refractivity contribution is 5.85. The average Bonchev–Trinajstić information content (AvgIpc) is 2.79. The van der Waals surface area contributed by atoms with Crippen LogP contribution in [0.2, 0.25) is 0 Å². The van der Waals surface area contributed by atoms with Crippen molar-refractivity contribution in [2.45, 2.75) is 19.4 Å². The fraction of sp³-hybridized carbons (Fsp3) is 0.429. The lowest BCUT2D eigenvalue weighted by Gasteiger charge is -2.34. The molecule has 3 N–H and O–H groups in total. The number of halogens is 2. The molecule has 1 aliphatic rings. The van der Waals surface area contributed by atoms with E-state index in [1.807, 2.05) is 35.2 Å². The highest BCUT2D eigenvalue weighted by Crippen LogP contribution is 2.19. The van der Waals surface area contributed by atoms with Crippen molar-refractivity contribution in [2.24, 2.45) is 11.7 Å². The number of nitrogens with one attached hydrogen (secondary N) is 1. The molecule has 0 aliphatic carbocycles. The van der Waals surface area contributed by atoms with Crippen LogP contribution in [0, 0.1) is 5.92 Å². The minimum atomic E-state index is -0.375. The van der Waals surface area contributed by atoms with E-state index in [2.05, 4.69) is 20.2 Å². The molecule has 2 unspecified atom stereocenters. The van der Waals surface area contributed by atoms with Crippen molar-refractivity contribution < 1.29 is 9.59 Å². The molecule has 0 bridgehead atoms. The van der Waals surface area contributed by atoms with E-state index in [-0.39, 0.29) is 55.0 Å². The zero-order valence-electron chi connectivity index (χ0n) is 17.5. The quantitative estimate of drug-likeness (QED) is 0.641. The lowest BCUT2D eigenvalue weighted by atomic mass is 9.95. The maximum absolute atomic E-state index is 12.4. The van der Waals surface area contributed by atoms with E-state index in [1.165, 1.54) is 0 Å². The van der Waals surface area contributed by atoms with Gasteiger partial charge in [-0.15, -0.1) is 24.8 Å². The van der Waals surface area contributed by atoms with Gasteiger partial charge in [0.2, 0.25) is 17.8 Å². The second kappa shape index (κ2) is 13.1. The van der Waals surface area contributed by atoms with E-state index >= 15 is 0 Å². The molecule has 170 valence electrons. The first-order valence-corrected chi connectivity index (χ1v) is 9.94. The van der Waals surface area contributed by atoms with E-state index in [9.17, 15) is 9.59 Å². The number of rotatable bonds is 7. The van der Waals surface area contributed by atoms with Gasteiger partial charge in [0, 0.05) is 57.6 Å². The van der Waals surface area contributed by atoms with Crippen LogP contribution in [0.5, 0.6) is 0 Å². The minimum absolute atomic E-state index is 0. The summed E-state index contributed by atoms with van der Waals surface area (Å²) in [7, 11) is 0. The van der Waals surface area contributed by atoms with Crippen molar-refractivity contribution in [1.29, 1.82) is 0 Å². The molecule has 0 saturated carbocycles. The average molecular weight is 469 g/mol. The van der Waals surface area contributed by atoms with E-state index in [0.717, 1.165) is 5.56 Å². The molecule has 0 spiro atoms. The van der Waals surface area contributed by atoms with E-state index in [1.54, 1.807) is 25.4 Å². The first-order chi connectivity index (χ1) is 14.1. The predicted octanol–water partition coefficient (Wildman–Crippen LogP) is 1.81. The third-order valence-corrected chi connectivity index (χ3v) is 5.24. The molecule has 8 nitrogen and oxygen atoms in total. The fourth-order valence-electron chi connectivity index (χ4n) is 3.35. The summed E-state index contributed by atoms with van der Waals surface area (Å²) in [6, 6.07) is 11.0. The van der Waals surface area contributed by atoms with Crippen LogP contribution in [0.15, 0.2) is 48.8 Å². The topological polar surface area (TPSA) is 104 Å². The van der Waals surface area contributed by atoms with Gasteiger partial charge in [-0.1, -0.05) is 37.3 Å². The van der Waals surface area contributed by atoms with Gasteiger partial charge in [-0.05, 0) is 11.6 Å². The molecule has 1 aromatic carbocycles. The second-order valence-corrected chi connectivity index (χ2v) is 7.18. The number of carbonyl (C=O) groups excluding carboxylic acids is 2. The van der Waals surface area contributed by atoms with Crippen LogP contribution in [-0.4, -0.2) is 59.4 Å². The van der Waals surface area contributed by atoms with Gasteiger partial charge in [-0.3, -0.25) is 9.59 Å². The molecule has 10 heteroatoms. The summed E-state index contributed by atoms with van der Waals surface area (Å²) in [5.41, 5.74) is 7.12. The Hall–Kier alpha value is -2.42. The number of hydrogen-bond donors (Lipinski definition) is 2. The van der Waals surface area contributed by atoms with Crippen molar-refractivity contribution in [3.63, 3.8) is 0 Å².